The lowest BCUT2D eigenvalue weighted by molar-refractivity contribution is 0.0681. The maximum atomic E-state index is 10.4. The SMILES string of the molecule is CCCN(CCC)CC(O)COc1ccc(C(C)(C)c2ccc(OCC(O)CCl)c(C)c2)cc1. The second kappa shape index (κ2) is 13.9. The van der Waals surface area contributed by atoms with Gasteiger partial charge in [0.1, 0.15) is 36.9 Å². The van der Waals surface area contributed by atoms with Crippen LogP contribution in [0.15, 0.2) is 42.5 Å². The van der Waals surface area contributed by atoms with E-state index in [0.29, 0.717) is 6.54 Å². The van der Waals surface area contributed by atoms with Crippen LogP contribution in [0.3, 0.4) is 0 Å². The van der Waals surface area contributed by atoms with E-state index in [4.69, 9.17) is 21.1 Å². The first kappa shape index (κ1) is 28.4. The molecule has 0 spiro atoms. The van der Waals surface area contributed by atoms with Gasteiger partial charge in [0.2, 0.25) is 0 Å². The molecular weight excluding hydrogens is 450 g/mol. The van der Waals surface area contributed by atoms with Gasteiger partial charge in [-0.2, -0.15) is 0 Å². The van der Waals surface area contributed by atoms with Gasteiger partial charge in [-0.15, -0.1) is 11.6 Å². The topological polar surface area (TPSA) is 62.2 Å². The fraction of sp³-hybridized carbons (Fsp3) is 0.571. The Morgan fingerprint density at radius 1 is 0.882 bits per heavy atom. The number of rotatable bonds is 15. The highest BCUT2D eigenvalue weighted by Gasteiger charge is 2.24. The molecule has 0 saturated heterocycles. The lowest BCUT2D eigenvalue weighted by Crippen LogP contribution is -2.36. The van der Waals surface area contributed by atoms with Crippen LogP contribution in [0.5, 0.6) is 11.5 Å². The van der Waals surface area contributed by atoms with Gasteiger partial charge in [-0.3, -0.25) is 0 Å². The molecule has 0 radical (unpaired) electrons. The van der Waals surface area contributed by atoms with E-state index in [0.717, 1.165) is 43.0 Å². The molecule has 0 aliphatic heterocycles. The Morgan fingerprint density at radius 3 is 2.03 bits per heavy atom. The third-order valence-corrected chi connectivity index (χ3v) is 6.43. The number of benzene rings is 2. The summed E-state index contributed by atoms with van der Waals surface area (Å²) in [5, 5.41) is 20.0. The highest BCUT2D eigenvalue weighted by Crippen LogP contribution is 2.34. The zero-order chi connectivity index (χ0) is 25.1. The summed E-state index contributed by atoms with van der Waals surface area (Å²) >= 11 is 5.65. The number of aryl methyl sites for hydroxylation is 1. The molecule has 2 N–H and O–H groups in total. The minimum Gasteiger partial charge on any atom is -0.491 e. The molecule has 2 aromatic carbocycles. The van der Waals surface area contributed by atoms with Crippen LogP contribution in [-0.4, -0.2) is 66.0 Å². The first-order valence-corrected chi connectivity index (χ1v) is 12.9. The van der Waals surface area contributed by atoms with E-state index in [1.807, 2.05) is 25.1 Å². The predicted octanol–water partition coefficient (Wildman–Crippen LogP) is 5.16. The van der Waals surface area contributed by atoms with Crippen molar-refractivity contribution in [2.75, 3.05) is 38.7 Å². The molecule has 0 amide bonds. The van der Waals surface area contributed by atoms with E-state index < -0.39 is 12.2 Å². The fourth-order valence-corrected chi connectivity index (χ4v) is 4.12. The van der Waals surface area contributed by atoms with Gasteiger partial charge in [0.05, 0.1) is 5.88 Å². The van der Waals surface area contributed by atoms with E-state index >= 15 is 0 Å². The van der Waals surface area contributed by atoms with Crippen molar-refractivity contribution in [3.8, 4) is 11.5 Å². The molecule has 5 nitrogen and oxygen atoms in total. The zero-order valence-corrected chi connectivity index (χ0v) is 22.1. The first-order chi connectivity index (χ1) is 16.2. The smallest absolute Gasteiger partial charge is 0.122 e. The van der Waals surface area contributed by atoms with Crippen LogP contribution in [0.25, 0.3) is 0 Å². The Hall–Kier alpha value is -1.79. The van der Waals surface area contributed by atoms with Gasteiger partial charge in [-0.05, 0) is 67.7 Å². The van der Waals surface area contributed by atoms with Gasteiger partial charge in [0.25, 0.3) is 0 Å². The zero-order valence-electron chi connectivity index (χ0n) is 21.4. The van der Waals surface area contributed by atoms with E-state index in [1.165, 1.54) is 11.1 Å². The third-order valence-electron chi connectivity index (χ3n) is 6.07. The Kier molecular flexibility index (Phi) is 11.7. The molecule has 2 aromatic rings. The molecule has 2 unspecified atom stereocenters. The highest BCUT2D eigenvalue weighted by atomic mass is 35.5. The van der Waals surface area contributed by atoms with Crippen LogP contribution < -0.4 is 9.47 Å². The summed E-state index contributed by atoms with van der Waals surface area (Å²) in [6, 6.07) is 14.2. The minimum atomic E-state index is -0.675. The number of aliphatic hydroxyl groups is 2. The molecule has 2 atom stereocenters. The van der Waals surface area contributed by atoms with Crippen LogP contribution in [0.4, 0.5) is 0 Å². The molecule has 0 aromatic heterocycles. The van der Waals surface area contributed by atoms with Crippen molar-refractivity contribution in [3.63, 3.8) is 0 Å². The third kappa shape index (κ3) is 8.46. The first-order valence-electron chi connectivity index (χ1n) is 12.3. The molecule has 0 saturated carbocycles. The molecule has 0 bridgehead atoms. The van der Waals surface area contributed by atoms with Gasteiger partial charge in [-0.1, -0.05) is 52.0 Å². The van der Waals surface area contributed by atoms with Crippen LogP contribution >= 0.6 is 11.6 Å². The maximum Gasteiger partial charge on any atom is 0.122 e. The number of hydrogen-bond acceptors (Lipinski definition) is 5. The van der Waals surface area contributed by atoms with Crippen LogP contribution in [0.1, 0.15) is 57.2 Å². The standard InChI is InChI=1S/C28H42ClNO4/c1-6-14-30(15-7-2)18-25(32)20-33-26-11-8-22(9-12-26)28(4,5)23-10-13-27(21(3)16-23)34-19-24(31)17-29/h8-13,16,24-25,31-32H,6-7,14-15,17-20H2,1-5H3. The van der Waals surface area contributed by atoms with Crippen molar-refractivity contribution in [1.82, 2.24) is 4.90 Å². The fourth-order valence-electron chi connectivity index (χ4n) is 4.04. The Bertz CT molecular complexity index is 850. The van der Waals surface area contributed by atoms with Gasteiger partial charge < -0.3 is 24.6 Å². The van der Waals surface area contributed by atoms with E-state index in [9.17, 15) is 10.2 Å². The number of nitrogens with zero attached hydrogens (tertiary/aromatic N) is 1. The van der Waals surface area contributed by atoms with Gasteiger partial charge in [0.15, 0.2) is 0 Å². The maximum absolute atomic E-state index is 10.4. The minimum absolute atomic E-state index is 0.152. The lowest BCUT2D eigenvalue weighted by Gasteiger charge is -2.27. The Balaban J connectivity index is 1.99. The number of halogens is 1. The second-order valence-electron chi connectivity index (χ2n) is 9.51. The van der Waals surface area contributed by atoms with Crippen LogP contribution in [0.2, 0.25) is 0 Å². The molecule has 34 heavy (non-hydrogen) atoms. The predicted molar refractivity (Wildman–Crippen MR) is 140 cm³/mol. The molecule has 0 aliphatic rings. The summed E-state index contributed by atoms with van der Waals surface area (Å²) in [7, 11) is 0. The summed E-state index contributed by atoms with van der Waals surface area (Å²) in [6.07, 6.45) is 0.975. The van der Waals surface area contributed by atoms with Crippen molar-refractivity contribution in [2.24, 2.45) is 0 Å². The molecule has 0 fully saturated rings. The Labute approximate surface area is 210 Å². The average Bonchev–Trinajstić information content (AvgIpc) is 2.82. The van der Waals surface area contributed by atoms with Gasteiger partial charge >= 0.3 is 0 Å². The van der Waals surface area contributed by atoms with Crippen molar-refractivity contribution in [1.29, 1.82) is 0 Å². The largest absolute Gasteiger partial charge is 0.491 e. The molecule has 190 valence electrons. The number of ether oxygens (including phenoxy) is 2. The summed E-state index contributed by atoms with van der Waals surface area (Å²) in [5.74, 6) is 1.66. The lowest BCUT2D eigenvalue weighted by atomic mass is 9.77. The van der Waals surface area contributed by atoms with Crippen molar-refractivity contribution in [2.45, 2.75) is 65.1 Å². The van der Waals surface area contributed by atoms with E-state index in [2.05, 4.69) is 56.9 Å². The monoisotopic (exact) mass is 491 g/mol. The van der Waals surface area contributed by atoms with E-state index in [-0.39, 0.29) is 24.5 Å². The van der Waals surface area contributed by atoms with Crippen LogP contribution in [0, 0.1) is 6.92 Å². The quantitative estimate of drug-likeness (QED) is 0.337. The van der Waals surface area contributed by atoms with Gasteiger partial charge in [-0.25, -0.2) is 0 Å². The molecule has 0 aliphatic carbocycles. The second-order valence-corrected chi connectivity index (χ2v) is 9.82. The molecule has 2 rings (SSSR count). The Morgan fingerprint density at radius 2 is 1.47 bits per heavy atom. The summed E-state index contributed by atoms with van der Waals surface area (Å²) < 4.78 is 11.6. The summed E-state index contributed by atoms with van der Waals surface area (Å²) in [5.41, 5.74) is 3.15. The van der Waals surface area contributed by atoms with Gasteiger partial charge in [0, 0.05) is 12.0 Å². The highest BCUT2D eigenvalue weighted by molar-refractivity contribution is 6.18. The summed E-state index contributed by atoms with van der Waals surface area (Å²) in [4.78, 5) is 2.29. The number of alkyl halides is 1. The molecular formula is C28H42ClNO4. The molecule has 0 heterocycles. The normalized spacial score (nSPS) is 13.7. The van der Waals surface area contributed by atoms with Crippen molar-refractivity contribution in [3.05, 3.63) is 59.2 Å². The average molecular weight is 492 g/mol. The van der Waals surface area contributed by atoms with Crippen molar-refractivity contribution >= 4 is 11.6 Å². The van der Waals surface area contributed by atoms with Crippen molar-refractivity contribution < 1.29 is 19.7 Å². The number of hydrogen-bond donors (Lipinski definition) is 2. The number of aliphatic hydroxyl groups excluding tert-OH is 2. The molecule has 6 heteroatoms. The van der Waals surface area contributed by atoms with Crippen LogP contribution in [-0.2, 0) is 5.41 Å². The van der Waals surface area contributed by atoms with E-state index in [1.54, 1.807) is 0 Å². The summed E-state index contributed by atoms with van der Waals surface area (Å²) in [6.45, 7) is 13.8.